The molecule has 4 rings (SSSR count). The van der Waals surface area contributed by atoms with E-state index in [4.69, 9.17) is 10.5 Å². The lowest BCUT2D eigenvalue weighted by Crippen LogP contribution is -2.42. The molecule has 160 valence electrons. The molecule has 0 bridgehead atoms. The van der Waals surface area contributed by atoms with Gasteiger partial charge in [0.2, 0.25) is 0 Å². The molecule has 0 amide bonds. The van der Waals surface area contributed by atoms with Crippen molar-refractivity contribution in [1.82, 2.24) is 4.90 Å². The predicted molar refractivity (Wildman–Crippen MR) is 125 cm³/mol. The molecular weight excluding hydrogens is 403 g/mol. The number of fused-ring (bicyclic) bond motifs is 1. The molecule has 2 heterocycles. The van der Waals surface area contributed by atoms with Gasteiger partial charge in [-0.05, 0) is 70.2 Å². The number of likely N-dealkylation sites (tertiary alicyclic amines) is 1. The van der Waals surface area contributed by atoms with Crippen molar-refractivity contribution >= 4 is 24.8 Å². The molecule has 0 radical (unpaired) electrons. The quantitative estimate of drug-likeness (QED) is 0.637. The summed E-state index contributed by atoms with van der Waals surface area (Å²) in [7, 11) is 0. The molecule has 1 fully saturated rings. The number of hydrogen-bond donors (Lipinski definition) is 1. The van der Waals surface area contributed by atoms with Gasteiger partial charge in [-0.25, -0.2) is 0 Å². The Morgan fingerprint density at radius 1 is 1.03 bits per heavy atom. The molecule has 0 saturated carbocycles. The van der Waals surface area contributed by atoms with Crippen LogP contribution in [0.1, 0.15) is 58.4 Å². The lowest BCUT2D eigenvalue weighted by atomic mass is 9.84. The third-order valence-electron chi connectivity index (χ3n) is 6.85. The molecule has 2 aliphatic heterocycles. The van der Waals surface area contributed by atoms with E-state index in [-0.39, 0.29) is 30.2 Å². The minimum absolute atomic E-state index is 0. The predicted octanol–water partition coefficient (Wildman–Crippen LogP) is 5.93. The molecular formula is C24H34Cl2N2O. The molecule has 1 atom stereocenters. The van der Waals surface area contributed by atoms with E-state index in [2.05, 4.69) is 56.0 Å². The van der Waals surface area contributed by atoms with E-state index >= 15 is 0 Å². The van der Waals surface area contributed by atoms with Gasteiger partial charge in [-0.3, -0.25) is 0 Å². The summed E-state index contributed by atoms with van der Waals surface area (Å²) in [6.45, 7) is 11.9. The van der Waals surface area contributed by atoms with Crippen molar-refractivity contribution in [1.29, 1.82) is 0 Å². The van der Waals surface area contributed by atoms with Crippen molar-refractivity contribution < 1.29 is 4.74 Å². The van der Waals surface area contributed by atoms with E-state index in [1.54, 1.807) is 0 Å². The molecule has 0 spiro atoms. The number of rotatable bonds is 3. The summed E-state index contributed by atoms with van der Waals surface area (Å²) in [4.78, 5) is 2.62. The monoisotopic (exact) mass is 436 g/mol. The zero-order valence-corrected chi connectivity index (χ0v) is 19.6. The van der Waals surface area contributed by atoms with E-state index < -0.39 is 0 Å². The fraction of sp³-hybridized carbons (Fsp3) is 0.500. The van der Waals surface area contributed by atoms with Gasteiger partial charge >= 0.3 is 0 Å². The summed E-state index contributed by atoms with van der Waals surface area (Å²) >= 11 is 0. The summed E-state index contributed by atoms with van der Waals surface area (Å²) in [5.74, 6) is 2.72. The highest BCUT2D eigenvalue weighted by molar-refractivity contribution is 5.85. The number of hydrogen-bond acceptors (Lipinski definition) is 3. The average Bonchev–Trinajstić information content (AvgIpc) is 2.93. The molecule has 3 nitrogen and oxygen atoms in total. The van der Waals surface area contributed by atoms with E-state index in [1.807, 2.05) is 6.92 Å². The molecule has 29 heavy (non-hydrogen) atoms. The van der Waals surface area contributed by atoms with Crippen LogP contribution in [0, 0.1) is 5.41 Å². The topological polar surface area (TPSA) is 38.5 Å². The lowest BCUT2D eigenvalue weighted by Gasteiger charge is -2.38. The Bertz CT molecular complexity index is 836. The van der Waals surface area contributed by atoms with Crippen LogP contribution in [-0.2, 0) is 4.74 Å². The first-order valence-electron chi connectivity index (χ1n) is 10.2. The Morgan fingerprint density at radius 3 is 2.28 bits per heavy atom. The maximum Gasteiger partial charge on any atom is 0.104 e. The second kappa shape index (κ2) is 9.16. The first kappa shape index (κ1) is 23.9. The maximum absolute atomic E-state index is 6.75. The molecule has 5 heteroatoms. The number of piperidine rings is 1. The van der Waals surface area contributed by atoms with Gasteiger partial charge in [-0.15, -0.1) is 24.8 Å². The van der Waals surface area contributed by atoms with Crippen LogP contribution in [0.5, 0.6) is 0 Å². The van der Waals surface area contributed by atoms with Crippen molar-refractivity contribution in [3.63, 3.8) is 0 Å². The number of ether oxygens (including phenoxy) is 1. The van der Waals surface area contributed by atoms with Crippen molar-refractivity contribution in [2.24, 2.45) is 11.1 Å². The van der Waals surface area contributed by atoms with Crippen LogP contribution >= 0.6 is 24.8 Å². The first-order valence-corrected chi connectivity index (χ1v) is 10.2. The van der Waals surface area contributed by atoms with Gasteiger partial charge in [-0.2, -0.15) is 0 Å². The molecule has 1 aromatic carbocycles. The standard InChI is InChI=1S/C24H32N2O.2ClH/c1-16-17(2)27-18(3)21-14-24(4,23(25)22(16)21)15-26-12-10-20(11-13-26)19-8-6-5-7-9-19;;/h5-9,20H,10-15,25H2,1-4H3;2*1H/t24-;;/m1../s1. The largest absolute Gasteiger partial charge is 0.466 e. The summed E-state index contributed by atoms with van der Waals surface area (Å²) < 4.78 is 5.96. The minimum Gasteiger partial charge on any atom is -0.466 e. The van der Waals surface area contributed by atoms with Crippen LogP contribution in [0.2, 0.25) is 0 Å². The highest BCUT2D eigenvalue weighted by Gasteiger charge is 2.43. The van der Waals surface area contributed by atoms with Gasteiger partial charge in [0.05, 0.1) is 0 Å². The maximum atomic E-state index is 6.75. The van der Waals surface area contributed by atoms with Gasteiger partial charge in [0, 0.05) is 28.8 Å². The number of allylic oxidation sites excluding steroid dienone is 5. The average molecular weight is 437 g/mol. The summed E-state index contributed by atoms with van der Waals surface area (Å²) in [6, 6.07) is 11.0. The summed E-state index contributed by atoms with van der Waals surface area (Å²) in [5, 5.41) is 0. The van der Waals surface area contributed by atoms with E-state index in [0.29, 0.717) is 5.92 Å². The first-order chi connectivity index (χ1) is 12.9. The highest BCUT2D eigenvalue weighted by Crippen LogP contribution is 2.50. The smallest absolute Gasteiger partial charge is 0.104 e. The van der Waals surface area contributed by atoms with Crippen LogP contribution in [0.4, 0.5) is 0 Å². The molecule has 0 unspecified atom stereocenters. The van der Waals surface area contributed by atoms with Crippen LogP contribution in [0.15, 0.2) is 64.3 Å². The highest BCUT2D eigenvalue weighted by atomic mass is 35.5. The zero-order valence-electron chi connectivity index (χ0n) is 18.0. The number of nitrogens with zero attached hydrogens (tertiary/aromatic N) is 1. The Labute approximate surface area is 187 Å². The molecule has 0 aromatic heterocycles. The Kier molecular flexibility index (Phi) is 7.53. The second-order valence-electron chi connectivity index (χ2n) is 8.81. The molecule has 1 saturated heterocycles. The van der Waals surface area contributed by atoms with E-state index in [9.17, 15) is 0 Å². The lowest BCUT2D eigenvalue weighted by molar-refractivity contribution is 0.155. The normalized spacial score (nSPS) is 25.4. The fourth-order valence-corrected chi connectivity index (χ4v) is 5.09. The van der Waals surface area contributed by atoms with Crippen LogP contribution in [0.3, 0.4) is 0 Å². The summed E-state index contributed by atoms with van der Waals surface area (Å²) in [6.07, 6.45) is 3.46. The Balaban J connectivity index is 0.00000150. The van der Waals surface area contributed by atoms with Gasteiger partial charge < -0.3 is 15.4 Å². The Hall–Kier alpha value is -1.42. The third-order valence-corrected chi connectivity index (χ3v) is 6.85. The number of halogens is 2. The van der Waals surface area contributed by atoms with Crippen molar-refractivity contribution in [2.45, 2.75) is 52.9 Å². The van der Waals surface area contributed by atoms with Gasteiger partial charge in [0.1, 0.15) is 11.5 Å². The SMILES string of the molecule is CC1=C(C)C2=C(N)[C@@](C)(CN3CCC(c4ccccc4)CC3)CC2=C(C)O1.Cl.Cl. The van der Waals surface area contributed by atoms with Gasteiger partial charge in [0.15, 0.2) is 0 Å². The minimum atomic E-state index is 0. The molecule has 1 aliphatic carbocycles. The Morgan fingerprint density at radius 2 is 1.66 bits per heavy atom. The fourth-order valence-electron chi connectivity index (χ4n) is 5.09. The van der Waals surface area contributed by atoms with Crippen molar-refractivity contribution in [2.75, 3.05) is 19.6 Å². The van der Waals surface area contributed by atoms with Crippen LogP contribution in [0.25, 0.3) is 0 Å². The van der Waals surface area contributed by atoms with Crippen LogP contribution < -0.4 is 5.73 Å². The van der Waals surface area contributed by atoms with Gasteiger partial charge in [0.25, 0.3) is 0 Å². The third kappa shape index (κ3) is 4.38. The molecule has 2 N–H and O–H groups in total. The number of benzene rings is 1. The second-order valence-corrected chi connectivity index (χ2v) is 8.81. The molecule has 1 aromatic rings. The van der Waals surface area contributed by atoms with Crippen LogP contribution in [-0.4, -0.2) is 24.5 Å². The van der Waals surface area contributed by atoms with E-state index in [1.165, 1.54) is 35.1 Å². The van der Waals surface area contributed by atoms with E-state index in [0.717, 1.165) is 43.3 Å². The zero-order chi connectivity index (χ0) is 19.2. The molecule has 3 aliphatic rings. The number of nitrogens with two attached hydrogens (primary N) is 1. The van der Waals surface area contributed by atoms with Crippen molar-refractivity contribution in [3.05, 3.63) is 69.8 Å². The summed E-state index contributed by atoms with van der Waals surface area (Å²) in [5.41, 5.74) is 13.1. The van der Waals surface area contributed by atoms with Gasteiger partial charge in [-0.1, -0.05) is 37.3 Å². The van der Waals surface area contributed by atoms with Crippen molar-refractivity contribution in [3.8, 4) is 0 Å².